The van der Waals surface area contributed by atoms with Crippen molar-refractivity contribution in [1.82, 2.24) is 25.0 Å². The molecule has 0 unspecified atom stereocenters. The molecule has 1 saturated carbocycles. The van der Waals surface area contributed by atoms with E-state index in [2.05, 4.69) is 39.1 Å². The highest BCUT2D eigenvalue weighted by molar-refractivity contribution is 6.31. The second-order valence-corrected chi connectivity index (χ2v) is 8.80. The number of nitrogens with one attached hydrogen (secondary N) is 3. The summed E-state index contributed by atoms with van der Waals surface area (Å²) in [6.45, 7) is 1.94. The Hall–Kier alpha value is -3.67. The summed E-state index contributed by atoms with van der Waals surface area (Å²) in [4.78, 5) is 19.9. The van der Waals surface area contributed by atoms with Crippen molar-refractivity contribution in [3.05, 3.63) is 58.7 Å². The average Bonchev–Trinajstić information content (AvgIpc) is 3.58. The van der Waals surface area contributed by atoms with E-state index in [-0.39, 0.29) is 0 Å². The van der Waals surface area contributed by atoms with Crippen LogP contribution in [0.2, 0.25) is 5.02 Å². The van der Waals surface area contributed by atoms with Gasteiger partial charge in [-0.3, -0.25) is 9.20 Å². The van der Waals surface area contributed by atoms with Crippen LogP contribution in [-0.2, 0) is 11.3 Å². The Balaban J connectivity index is 1.55. The van der Waals surface area contributed by atoms with Gasteiger partial charge in [0.25, 0.3) is 0 Å². The zero-order valence-electron chi connectivity index (χ0n) is 18.5. The predicted octanol–water partition coefficient (Wildman–Crippen LogP) is 3.87. The Bertz CT molecular complexity index is 1400. The minimum absolute atomic E-state index is 0.540. The first-order valence-corrected chi connectivity index (χ1v) is 11.7. The molecule has 1 fully saturated rings. The van der Waals surface area contributed by atoms with Crippen molar-refractivity contribution < 1.29 is 4.79 Å². The number of anilines is 1. The zero-order chi connectivity index (χ0) is 23.5. The fourth-order valence-corrected chi connectivity index (χ4v) is 4.22. The summed E-state index contributed by atoms with van der Waals surface area (Å²) in [6, 6.07) is 14.3. The van der Waals surface area contributed by atoms with Crippen molar-refractivity contribution >= 4 is 40.5 Å². The number of hydrogen-bond donors (Lipinski definition) is 3. The molecule has 3 N–H and O–H groups in total. The van der Waals surface area contributed by atoms with Crippen molar-refractivity contribution in [3.8, 4) is 17.3 Å². The minimum atomic E-state index is 0.540. The van der Waals surface area contributed by atoms with Gasteiger partial charge < -0.3 is 16.0 Å². The second-order valence-electron chi connectivity index (χ2n) is 8.39. The third kappa shape index (κ3) is 4.53. The lowest BCUT2D eigenvalue weighted by Crippen LogP contribution is -2.16. The van der Waals surface area contributed by atoms with E-state index in [1.54, 1.807) is 12.1 Å². The minimum Gasteiger partial charge on any atom is -0.367 e. The lowest BCUT2D eigenvalue weighted by Gasteiger charge is -2.12. The molecule has 4 aromatic rings. The highest BCUT2D eigenvalue weighted by Crippen LogP contribution is 2.31. The van der Waals surface area contributed by atoms with E-state index >= 15 is 0 Å². The molecule has 2 aromatic heterocycles. The molecular formula is C25H24ClN7O. The highest BCUT2D eigenvalue weighted by atomic mass is 35.5. The average molecular weight is 474 g/mol. The van der Waals surface area contributed by atoms with Gasteiger partial charge in [0.15, 0.2) is 11.5 Å². The third-order valence-corrected chi connectivity index (χ3v) is 6.28. The molecule has 0 saturated heterocycles. The van der Waals surface area contributed by atoms with Crippen molar-refractivity contribution in [3.63, 3.8) is 0 Å². The van der Waals surface area contributed by atoms with E-state index in [0.29, 0.717) is 53.1 Å². The number of nitrogens with zero attached hydrogens (tertiary/aromatic N) is 4. The van der Waals surface area contributed by atoms with Crippen LogP contribution in [0.1, 0.15) is 30.4 Å². The lowest BCUT2D eigenvalue weighted by atomic mass is 10.1. The van der Waals surface area contributed by atoms with E-state index in [1.165, 1.54) is 12.8 Å². The van der Waals surface area contributed by atoms with Gasteiger partial charge in [0.1, 0.15) is 0 Å². The Morgan fingerprint density at radius 2 is 2.09 bits per heavy atom. The van der Waals surface area contributed by atoms with Crippen molar-refractivity contribution in [2.45, 2.75) is 31.8 Å². The lowest BCUT2D eigenvalue weighted by molar-refractivity contribution is -0.109. The molecule has 0 aliphatic heterocycles. The normalized spacial score (nSPS) is 13.2. The smallest absolute Gasteiger partial charge is 0.207 e. The monoisotopic (exact) mass is 473 g/mol. The Labute approximate surface area is 202 Å². The summed E-state index contributed by atoms with van der Waals surface area (Å²) in [7, 11) is 0. The number of amides is 1. The SMILES string of the molecule is N#Cc1ccc2c(c1)nc(NCCCNC=O)c1ncc(-c3ccc(CNC4CC4)c(Cl)c3)n12. The van der Waals surface area contributed by atoms with E-state index in [4.69, 9.17) is 16.6 Å². The summed E-state index contributed by atoms with van der Waals surface area (Å²) >= 11 is 6.64. The number of carbonyl (C=O) groups excluding carboxylic acids is 1. The van der Waals surface area contributed by atoms with Gasteiger partial charge in [-0.15, -0.1) is 0 Å². The number of fused-ring (bicyclic) bond motifs is 3. The predicted molar refractivity (Wildman–Crippen MR) is 133 cm³/mol. The maximum Gasteiger partial charge on any atom is 0.207 e. The van der Waals surface area contributed by atoms with Crippen LogP contribution in [-0.4, -0.2) is 39.9 Å². The molecule has 0 radical (unpaired) electrons. The van der Waals surface area contributed by atoms with Crippen LogP contribution < -0.4 is 16.0 Å². The number of hydrogen-bond acceptors (Lipinski definition) is 6. The standard InChI is InChI=1S/C25H24ClN7O/c26-20-11-17(3-4-18(20)13-30-19-5-6-19)23-14-31-25-24(29-9-1-8-28-15-34)32-21-10-16(12-27)2-7-22(21)33(23)25/h2-4,7,10-11,14-15,19,30H,1,5-6,8-9,13H2,(H,28,34)(H,29,32). The summed E-state index contributed by atoms with van der Waals surface area (Å²) in [5.74, 6) is 0.622. The van der Waals surface area contributed by atoms with Crippen LogP contribution in [0.5, 0.6) is 0 Å². The maximum atomic E-state index is 10.5. The van der Waals surface area contributed by atoms with Crippen LogP contribution in [0.4, 0.5) is 5.82 Å². The molecule has 2 heterocycles. The fourth-order valence-electron chi connectivity index (χ4n) is 3.97. The van der Waals surface area contributed by atoms with E-state index in [1.807, 2.05) is 22.7 Å². The first-order chi connectivity index (χ1) is 16.7. The zero-order valence-corrected chi connectivity index (χ0v) is 19.3. The maximum absolute atomic E-state index is 10.5. The van der Waals surface area contributed by atoms with Gasteiger partial charge in [0, 0.05) is 36.3 Å². The topological polar surface area (TPSA) is 107 Å². The highest BCUT2D eigenvalue weighted by Gasteiger charge is 2.21. The Kier molecular flexibility index (Phi) is 6.30. The number of carbonyl (C=O) groups is 1. The number of rotatable bonds is 10. The van der Waals surface area contributed by atoms with Crippen molar-refractivity contribution in [1.29, 1.82) is 5.26 Å². The molecule has 172 valence electrons. The van der Waals surface area contributed by atoms with E-state index < -0.39 is 0 Å². The van der Waals surface area contributed by atoms with Crippen LogP contribution >= 0.6 is 11.6 Å². The molecule has 5 rings (SSSR count). The molecule has 0 bridgehead atoms. The van der Waals surface area contributed by atoms with Crippen LogP contribution in [0.3, 0.4) is 0 Å². The van der Waals surface area contributed by atoms with Crippen LogP contribution in [0.15, 0.2) is 42.6 Å². The molecule has 2 aromatic carbocycles. The Morgan fingerprint density at radius 1 is 1.21 bits per heavy atom. The van der Waals surface area contributed by atoms with Crippen molar-refractivity contribution in [2.75, 3.05) is 18.4 Å². The number of aromatic nitrogens is 3. The molecule has 34 heavy (non-hydrogen) atoms. The van der Waals surface area contributed by atoms with Crippen molar-refractivity contribution in [2.24, 2.45) is 0 Å². The van der Waals surface area contributed by atoms with Crippen LogP contribution in [0, 0.1) is 11.3 Å². The number of halogens is 1. The molecule has 0 spiro atoms. The molecule has 1 aliphatic rings. The number of nitriles is 1. The largest absolute Gasteiger partial charge is 0.367 e. The second kappa shape index (κ2) is 9.67. The molecule has 9 heteroatoms. The Morgan fingerprint density at radius 3 is 2.85 bits per heavy atom. The first kappa shape index (κ1) is 22.1. The number of imidazole rings is 1. The third-order valence-electron chi connectivity index (χ3n) is 5.93. The molecule has 0 atom stereocenters. The van der Waals surface area contributed by atoms with Crippen LogP contribution in [0.25, 0.3) is 27.9 Å². The quantitative estimate of drug-likeness (QED) is 0.238. The molecular weight excluding hydrogens is 450 g/mol. The van der Waals surface area contributed by atoms with Gasteiger partial charge >= 0.3 is 0 Å². The van der Waals surface area contributed by atoms with Gasteiger partial charge in [-0.2, -0.15) is 5.26 Å². The van der Waals surface area contributed by atoms with E-state index in [9.17, 15) is 10.1 Å². The molecule has 1 amide bonds. The summed E-state index contributed by atoms with van der Waals surface area (Å²) in [5.41, 5.74) is 5.68. The molecule has 1 aliphatic carbocycles. The summed E-state index contributed by atoms with van der Waals surface area (Å²) < 4.78 is 2.04. The van der Waals surface area contributed by atoms with Gasteiger partial charge in [0.2, 0.25) is 6.41 Å². The fraction of sp³-hybridized carbons (Fsp3) is 0.280. The first-order valence-electron chi connectivity index (χ1n) is 11.3. The molecule has 8 nitrogen and oxygen atoms in total. The summed E-state index contributed by atoms with van der Waals surface area (Å²) in [6.07, 6.45) is 5.71. The van der Waals surface area contributed by atoms with Gasteiger partial charge in [-0.25, -0.2) is 9.97 Å². The van der Waals surface area contributed by atoms with E-state index in [0.717, 1.165) is 35.3 Å². The van der Waals surface area contributed by atoms with Gasteiger partial charge in [0.05, 0.1) is 34.6 Å². The van der Waals surface area contributed by atoms with Gasteiger partial charge in [-0.05, 0) is 49.1 Å². The number of benzene rings is 2. The van der Waals surface area contributed by atoms with Gasteiger partial charge in [-0.1, -0.05) is 23.7 Å². The summed E-state index contributed by atoms with van der Waals surface area (Å²) in [5, 5.41) is 19.6.